The predicted octanol–water partition coefficient (Wildman–Crippen LogP) is 1.73. The summed E-state index contributed by atoms with van der Waals surface area (Å²) in [5.74, 6) is 1.55. The molecule has 5 heteroatoms. The Hall–Kier alpha value is -1.30. The number of piperazine rings is 1. The Labute approximate surface area is 138 Å². The van der Waals surface area contributed by atoms with Gasteiger partial charge in [0.1, 0.15) is 0 Å². The van der Waals surface area contributed by atoms with Gasteiger partial charge in [-0.05, 0) is 43.5 Å². The van der Waals surface area contributed by atoms with Crippen molar-refractivity contribution in [3.05, 3.63) is 23.8 Å². The first-order valence-electron chi connectivity index (χ1n) is 8.55. The zero-order valence-electron chi connectivity index (χ0n) is 14.2. The Bertz CT molecular complexity index is 523. The molecule has 0 radical (unpaired) electrons. The van der Waals surface area contributed by atoms with Crippen LogP contribution in [0, 0.1) is 0 Å². The van der Waals surface area contributed by atoms with E-state index < -0.39 is 0 Å². The lowest BCUT2D eigenvalue weighted by atomic mass is 10.0. The fraction of sp³-hybridized carbons (Fsp3) is 0.667. The second-order valence-electron chi connectivity index (χ2n) is 6.58. The van der Waals surface area contributed by atoms with E-state index >= 15 is 0 Å². The van der Waals surface area contributed by atoms with E-state index in [0.717, 1.165) is 37.6 Å². The fourth-order valence-electron chi connectivity index (χ4n) is 3.98. The second kappa shape index (κ2) is 7.51. The Morgan fingerprint density at radius 3 is 2.74 bits per heavy atom. The van der Waals surface area contributed by atoms with Crippen LogP contribution in [-0.2, 0) is 6.54 Å². The van der Waals surface area contributed by atoms with Crippen molar-refractivity contribution >= 4 is 0 Å². The van der Waals surface area contributed by atoms with Gasteiger partial charge in [0.2, 0.25) is 0 Å². The van der Waals surface area contributed by atoms with Crippen LogP contribution in [0.1, 0.15) is 24.8 Å². The van der Waals surface area contributed by atoms with E-state index in [1.54, 1.807) is 14.2 Å². The van der Waals surface area contributed by atoms with Crippen LogP contribution < -0.4 is 9.47 Å². The van der Waals surface area contributed by atoms with Crippen molar-refractivity contribution in [2.24, 2.45) is 0 Å². The van der Waals surface area contributed by atoms with Crippen LogP contribution in [0.2, 0.25) is 0 Å². The number of methoxy groups -OCH3 is 2. The molecule has 0 saturated carbocycles. The summed E-state index contributed by atoms with van der Waals surface area (Å²) in [4.78, 5) is 5.13. The first kappa shape index (κ1) is 16.6. The number of fused-ring (bicyclic) bond motifs is 1. The Morgan fingerprint density at radius 2 is 2.00 bits per heavy atom. The molecule has 2 atom stereocenters. The number of ether oxygens (including phenoxy) is 2. The van der Waals surface area contributed by atoms with Crippen molar-refractivity contribution in [1.29, 1.82) is 0 Å². The average molecular weight is 320 g/mol. The van der Waals surface area contributed by atoms with E-state index in [0.29, 0.717) is 12.1 Å². The van der Waals surface area contributed by atoms with Crippen molar-refractivity contribution in [1.82, 2.24) is 9.80 Å². The lowest BCUT2D eigenvalue weighted by Crippen LogP contribution is -2.55. The van der Waals surface area contributed by atoms with Crippen molar-refractivity contribution in [2.75, 3.05) is 40.5 Å². The third-order valence-electron chi connectivity index (χ3n) is 5.20. The third-order valence-corrected chi connectivity index (χ3v) is 5.20. The number of hydrogen-bond acceptors (Lipinski definition) is 5. The first-order chi connectivity index (χ1) is 11.2. The SMILES string of the molecule is COc1ccc(CN2C[C@@H]3CCCN3C[C@@H]2CCO)cc1OC. The number of rotatable bonds is 6. The van der Waals surface area contributed by atoms with Gasteiger partial charge in [-0.15, -0.1) is 0 Å². The van der Waals surface area contributed by atoms with Crippen LogP contribution in [0.4, 0.5) is 0 Å². The highest BCUT2D eigenvalue weighted by atomic mass is 16.5. The molecule has 1 aromatic carbocycles. The monoisotopic (exact) mass is 320 g/mol. The lowest BCUT2D eigenvalue weighted by Gasteiger charge is -2.43. The Morgan fingerprint density at radius 1 is 1.17 bits per heavy atom. The van der Waals surface area contributed by atoms with Gasteiger partial charge in [0.05, 0.1) is 14.2 Å². The molecule has 2 saturated heterocycles. The summed E-state index contributed by atoms with van der Waals surface area (Å²) in [5.41, 5.74) is 1.23. The molecule has 2 fully saturated rings. The second-order valence-corrected chi connectivity index (χ2v) is 6.58. The summed E-state index contributed by atoms with van der Waals surface area (Å²) in [6.45, 7) is 4.55. The Kier molecular flexibility index (Phi) is 5.41. The molecule has 3 rings (SSSR count). The van der Waals surface area contributed by atoms with Crippen LogP contribution in [0.25, 0.3) is 0 Å². The molecule has 0 unspecified atom stereocenters. The van der Waals surface area contributed by atoms with Gasteiger partial charge in [-0.1, -0.05) is 6.07 Å². The molecule has 0 spiro atoms. The fourth-order valence-corrected chi connectivity index (χ4v) is 3.98. The molecule has 1 aromatic rings. The Balaban J connectivity index is 1.73. The van der Waals surface area contributed by atoms with Crippen LogP contribution in [-0.4, -0.2) is 67.5 Å². The minimum absolute atomic E-state index is 0.256. The van der Waals surface area contributed by atoms with Crippen LogP contribution in [0.3, 0.4) is 0 Å². The van der Waals surface area contributed by atoms with E-state index in [-0.39, 0.29) is 6.61 Å². The maximum absolute atomic E-state index is 9.41. The summed E-state index contributed by atoms with van der Waals surface area (Å²) in [7, 11) is 3.33. The topological polar surface area (TPSA) is 45.2 Å². The quantitative estimate of drug-likeness (QED) is 0.865. The summed E-state index contributed by atoms with van der Waals surface area (Å²) < 4.78 is 10.7. The normalized spacial score (nSPS) is 25.3. The molecule has 2 aliphatic rings. The maximum atomic E-state index is 9.41. The van der Waals surface area contributed by atoms with Gasteiger partial charge in [-0.2, -0.15) is 0 Å². The van der Waals surface area contributed by atoms with Gasteiger partial charge >= 0.3 is 0 Å². The van der Waals surface area contributed by atoms with E-state index in [1.807, 2.05) is 6.07 Å². The largest absolute Gasteiger partial charge is 0.493 e. The van der Waals surface area contributed by atoms with Gasteiger partial charge in [0.25, 0.3) is 0 Å². The highest BCUT2D eigenvalue weighted by molar-refractivity contribution is 5.42. The van der Waals surface area contributed by atoms with Crippen LogP contribution in [0.15, 0.2) is 18.2 Å². The predicted molar refractivity (Wildman–Crippen MR) is 90.0 cm³/mol. The van der Waals surface area contributed by atoms with E-state index in [2.05, 4.69) is 21.9 Å². The minimum atomic E-state index is 0.256. The smallest absolute Gasteiger partial charge is 0.161 e. The van der Waals surface area contributed by atoms with E-state index in [1.165, 1.54) is 24.9 Å². The summed E-state index contributed by atoms with van der Waals surface area (Å²) in [6.07, 6.45) is 3.45. The molecule has 23 heavy (non-hydrogen) atoms. The molecular formula is C18H28N2O3. The summed E-state index contributed by atoms with van der Waals surface area (Å²) >= 11 is 0. The van der Waals surface area contributed by atoms with Crippen molar-refractivity contribution < 1.29 is 14.6 Å². The van der Waals surface area contributed by atoms with Crippen molar-refractivity contribution in [3.8, 4) is 11.5 Å². The van der Waals surface area contributed by atoms with E-state index in [4.69, 9.17) is 9.47 Å². The molecule has 0 amide bonds. The van der Waals surface area contributed by atoms with Crippen molar-refractivity contribution in [2.45, 2.75) is 37.9 Å². The first-order valence-corrected chi connectivity index (χ1v) is 8.55. The number of benzene rings is 1. The molecule has 0 aliphatic carbocycles. The molecule has 2 heterocycles. The highest BCUT2D eigenvalue weighted by Gasteiger charge is 2.35. The van der Waals surface area contributed by atoms with Crippen LogP contribution in [0.5, 0.6) is 11.5 Å². The zero-order chi connectivity index (χ0) is 16.2. The summed E-state index contributed by atoms with van der Waals surface area (Å²) in [6, 6.07) is 7.27. The van der Waals surface area contributed by atoms with Gasteiger partial charge in [0.15, 0.2) is 11.5 Å². The number of aliphatic hydroxyl groups is 1. The van der Waals surface area contributed by atoms with Gasteiger partial charge in [-0.25, -0.2) is 0 Å². The van der Waals surface area contributed by atoms with Gasteiger partial charge in [-0.3, -0.25) is 9.80 Å². The third kappa shape index (κ3) is 3.62. The molecule has 1 N–H and O–H groups in total. The standard InChI is InChI=1S/C18H28N2O3/c1-22-17-6-5-14(10-18(17)23-2)11-20-13-15-4-3-8-19(15)12-16(20)7-9-21/h5-6,10,15-16,21H,3-4,7-9,11-13H2,1-2H3/t15-,16-/m0/s1. The number of nitrogens with zero attached hydrogens (tertiary/aromatic N) is 2. The van der Waals surface area contributed by atoms with E-state index in [9.17, 15) is 5.11 Å². The number of hydrogen-bond donors (Lipinski definition) is 1. The average Bonchev–Trinajstić information content (AvgIpc) is 3.02. The molecule has 5 nitrogen and oxygen atoms in total. The molecule has 2 aliphatic heterocycles. The van der Waals surface area contributed by atoms with Gasteiger partial charge in [0, 0.05) is 38.3 Å². The lowest BCUT2D eigenvalue weighted by molar-refractivity contribution is 0.0333. The van der Waals surface area contributed by atoms with Crippen molar-refractivity contribution in [3.63, 3.8) is 0 Å². The molecule has 0 bridgehead atoms. The highest BCUT2D eigenvalue weighted by Crippen LogP contribution is 2.30. The number of aliphatic hydroxyl groups excluding tert-OH is 1. The van der Waals surface area contributed by atoms with Crippen LogP contribution >= 0.6 is 0 Å². The zero-order valence-corrected chi connectivity index (χ0v) is 14.2. The molecular weight excluding hydrogens is 292 g/mol. The minimum Gasteiger partial charge on any atom is -0.493 e. The maximum Gasteiger partial charge on any atom is 0.161 e. The molecule has 0 aromatic heterocycles. The molecule has 128 valence electrons. The summed E-state index contributed by atoms with van der Waals surface area (Å²) in [5, 5.41) is 9.41. The van der Waals surface area contributed by atoms with Gasteiger partial charge < -0.3 is 14.6 Å².